The highest BCUT2D eigenvalue weighted by Crippen LogP contribution is 2.23. The Balaban J connectivity index is 2.07. The van der Waals surface area contributed by atoms with Gasteiger partial charge in [0.1, 0.15) is 5.82 Å². The van der Waals surface area contributed by atoms with Gasteiger partial charge in [0.15, 0.2) is 0 Å². The number of halogens is 3. The average Bonchev–Trinajstić information content (AvgIpc) is 2.66. The van der Waals surface area contributed by atoms with Crippen LogP contribution in [-0.4, -0.2) is 0 Å². The first-order chi connectivity index (χ1) is 7.65. The number of hydrogen-bond donors (Lipinski definition) is 1. The fourth-order valence-corrected chi connectivity index (χ4v) is 2.64. The van der Waals surface area contributed by atoms with E-state index in [4.69, 9.17) is 11.6 Å². The minimum Gasteiger partial charge on any atom is -0.378 e. The van der Waals surface area contributed by atoms with Crippen LogP contribution in [0.1, 0.15) is 4.88 Å². The van der Waals surface area contributed by atoms with Crippen LogP contribution < -0.4 is 5.32 Å². The van der Waals surface area contributed by atoms with Crippen LogP contribution >= 0.6 is 38.9 Å². The second-order valence-corrected chi connectivity index (χ2v) is 5.56. The summed E-state index contributed by atoms with van der Waals surface area (Å²) in [6.45, 7) is 0.574. The van der Waals surface area contributed by atoms with Crippen LogP contribution in [0.3, 0.4) is 0 Å². The SMILES string of the molecule is Fc1ccc(Br)cc1NCc1cc(Cl)cs1. The van der Waals surface area contributed by atoms with Crippen LogP contribution in [0.2, 0.25) is 5.02 Å². The average molecular weight is 321 g/mol. The van der Waals surface area contributed by atoms with E-state index in [1.165, 1.54) is 6.07 Å². The minimum atomic E-state index is -0.258. The second kappa shape index (κ2) is 5.17. The summed E-state index contributed by atoms with van der Waals surface area (Å²) in [5.41, 5.74) is 0.485. The summed E-state index contributed by atoms with van der Waals surface area (Å²) in [5, 5.41) is 5.61. The maximum atomic E-state index is 13.4. The van der Waals surface area contributed by atoms with E-state index in [0.29, 0.717) is 12.2 Å². The van der Waals surface area contributed by atoms with Crippen molar-refractivity contribution in [1.29, 1.82) is 0 Å². The predicted octanol–water partition coefficient (Wildman–Crippen LogP) is 4.92. The molecular weight excluding hydrogens is 313 g/mol. The quantitative estimate of drug-likeness (QED) is 0.847. The zero-order valence-corrected chi connectivity index (χ0v) is 11.3. The number of hydrogen-bond acceptors (Lipinski definition) is 2. The number of thiophene rings is 1. The Kier molecular flexibility index (Phi) is 3.84. The molecule has 1 heterocycles. The highest BCUT2D eigenvalue weighted by atomic mass is 79.9. The molecule has 0 atom stereocenters. The number of nitrogens with one attached hydrogen (secondary N) is 1. The molecule has 1 aromatic heterocycles. The molecule has 0 aliphatic rings. The lowest BCUT2D eigenvalue weighted by Gasteiger charge is -2.06. The van der Waals surface area contributed by atoms with Crippen LogP contribution in [0.4, 0.5) is 10.1 Å². The van der Waals surface area contributed by atoms with Gasteiger partial charge in [-0.25, -0.2) is 4.39 Å². The molecule has 0 amide bonds. The molecule has 0 bridgehead atoms. The summed E-state index contributed by atoms with van der Waals surface area (Å²) < 4.78 is 14.2. The van der Waals surface area contributed by atoms with Crippen molar-refractivity contribution in [2.75, 3.05) is 5.32 Å². The van der Waals surface area contributed by atoms with Crippen LogP contribution in [0.25, 0.3) is 0 Å². The molecule has 1 aromatic carbocycles. The normalized spacial score (nSPS) is 10.4. The topological polar surface area (TPSA) is 12.0 Å². The molecule has 5 heteroatoms. The highest BCUT2D eigenvalue weighted by molar-refractivity contribution is 9.10. The van der Waals surface area contributed by atoms with E-state index in [-0.39, 0.29) is 5.82 Å². The Morgan fingerprint density at radius 2 is 2.19 bits per heavy atom. The van der Waals surface area contributed by atoms with Crippen molar-refractivity contribution >= 4 is 44.6 Å². The first kappa shape index (κ1) is 11.9. The molecule has 16 heavy (non-hydrogen) atoms. The third kappa shape index (κ3) is 2.97. The lowest BCUT2D eigenvalue weighted by atomic mass is 10.3. The summed E-state index contributed by atoms with van der Waals surface area (Å²) in [6.07, 6.45) is 0. The molecule has 2 aromatic rings. The molecule has 2 rings (SSSR count). The lowest BCUT2D eigenvalue weighted by Crippen LogP contribution is -1.99. The fourth-order valence-electron chi connectivity index (χ4n) is 1.26. The number of benzene rings is 1. The Morgan fingerprint density at radius 1 is 1.38 bits per heavy atom. The molecule has 0 unspecified atom stereocenters. The summed E-state index contributed by atoms with van der Waals surface area (Å²) >= 11 is 10.7. The standard InChI is InChI=1S/C11H8BrClFNS/c12-7-1-2-10(14)11(3-7)15-5-9-4-8(13)6-16-9/h1-4,6,15H,5H2. The van der Waals surface area contributed by atoms with E-state index in [1.54, 1.807) is 23.5 Å². The molecular formula is C11H8BrClFNS. The predicted molar refractivity (Wildman–Crippen MR) is 70.8 cm³/mol. The van der Waals surface area contributed by atoms with Gasteiger partial charge < -0.3 is 5.32 Å². The van der Waals surface area contributed by atoms with Crippen molar-refractivity contribution < 1.29 is 4.39 Å². The van der Waals surface area contributed by atoms with E-state index in [9.17, 15) is 4.39 Å². The van der Waals surface area contributed by atoms with Crippen LogP contribution in [0.15, 0.2) is 34.1 Å². The van der Waals surface area contributed by atoms with E-state index in [0.717, 1.165) is 14.4 Å². The number of rotatable bonds is 3. The van der Waals surface area contributed by atoms with E-state index in [2.05, 4.69) is 21.2 Å². The summed E-state index contributed by atoms with van der Waals surface area (Å²) in [7, 11) is 0. The van der Waals surface area contributed by atoms with Gasteiger partial charge in [-0.3, -0.25) is 0 Å². The Morgan fingerprint density at radius 3 is 2.88 bits per heavy atom. The van der Waals surface area contributed by atoms with Gasteiger partial charge in [0.25, 0.3) is 0 Å². The lowest BCUT2D eigenvalue weighted by molar-refractivity contribution is 0.630. The molecule has 0 aliphatic heterocycles. The highest BCUT2D eigenvalue weighted by Gasteiger charge is 2.03. The zero-order chi connectivity index (χ0) is 11.5. The van der Waals surface area contributed by atoms with E-state index in [1.807, 2.05) is 11.4 Å². The van der Waals surface area contributed by atoms with Crippen molar-refractivity contribution in [1.82, 2.24) is 0 Å². The zero-order valence-electron chi connectivity index (χ0n) is 8.14. The molecule has 0 spiro atoms. The summed E-state index contributed by atoms with van der Waals surface area (Å²) in [4.78, 5) is 1.07. The Hall–Kier alpha value is -0.580. The molecule has 0 saturated heterocycles. The van der Waals surface area contributed by atoms with Gasteiger partial charge in [0.2, 0.25) is 0 Å². The first-order valence-corrected chi connectivity index (χ1v) is 6.62. The van der Waals surface area contributed by atoms with Crippen molar-refractivity contribution in [2.45, 2.75) is 6.54 Å². The molecule has 0 radical (unpaired) electrons. The third-order valence-corrected chi connectivity index (χ3v) is 3.78. The largest absolute Gasteiger partial charge is 0.378 e. The fraction of sp³-hybridized carbons (Fsp3) is 0.0909. The maximum Gasteiger partial charge on any atom is 0.146 e. The Labute approximate surface area is 110 Å². The first-order valence-electron chi connectivity index (χ1n) is 4.57. The molecule has 0 fully saturated rings. The number of anilines is 1. The monoisotopic (exact) mass is 319 g/mol. The summed E-state index contributed by atoms with van der Waals surface area (Å²) in [6, 6.07) is 6.68. The molecule has 1 nitrogen and oxygen atoms in total. The maximum absolute atomic E-state index is 13.4. The smallest absolute Gasteiger partial charge is 0.146 e. The van der Waals surface area contributed by atoms with Crippen LogP contribution in [0, 0.1) is 5.82 Å². The van der Waals surface area contributed by atoms with Gasteiger partial charge in [-0.2, -0.15) is 0 Å². The van der Waals surface area contributed by atoms with Crippen molar-refractivity contribution in [3.05, 3.63) is 49.8 Å². The van der Waals surface area contributed by atoms with Gasteiger partial charge in [-0.15, -0.1) is 11.3 Å². The summed E-state index contributed by atoms with van der Waals surface area (Å²) in [5.74, 6) is -0.258. The van der Waals surface area contributed by atoms with E-state index < -0.39 is 0 Å². The van der Waals surface area contributed by atoms with Gasteiger partial charge in [-0.05, 0) is 24.3 Å². The van der Waals surface area contributed by atoms with E-state index >= 15 is 0 Å². The van der Waals surface area contributed by atoms with Gasteiger partial charge in [-0.1, -0.05) is 27.5 Å². The Bertz CT molecular complexity index is 500. The minimum absolute atomic E-state index is 0.258. The van der Waals surface area contributed by atoms with Gasteiger partial charge >= 0.3 is 0 Å². The molecule has 0 saturated carbocycles. The van der Waals surface area contributed by atoms with Gasteiger partial charge in [0, 0.05) is 21.3 Å². The molecule has 0 aliphatic carbocycles. The second-order valence-electron chi connectivity index (χ2n) is 3.21. The van der Waals surface area contributed by atoms with Gasteiger partial charge in [0.05, 0.1) is 10.7 Å². The van der Waals surface area contributed by atoms with Crippen molar-refractivity contribution in [3.63, 3.8) is 0 Å². The van der Waals surface area contributed by atoms with Crippen LogP contribution in [0.5, 0.6) is 0 Å². The van der Waals surface area contributed by atoms with Crippen LogP contribution in [-0.2, 0) is 6.54 Å². The molecule has 84 valence electrons. The third-order valence-electron chi connectivity index (χ3n) is 2.00. The van der Waals surface area contributed by atoms with Crippen molar-refractivity contribution in [3.8, 4) is 0 Å². The van der Waals surface area contributed by atoms with Crippen molar-refractivity contribution in [2.24, 2.45) is 0 Å². The molecule has 1 N–H and O–H groups in total.